The summed E-state index contributed by atoms with van der Waals surface area (Å²) in [7, 11) is 1.89. The lowest BCUT2D eigenvalue weighted by atomic mass is 10.1. The van der Waals surface area contributed by atoms with E-state index in [0.717, 1.165) is 5.56 Å². The van der Waals surface area contributed by atoms with Gasteiger partial charge in [-0.25, -0.2) is 0 Å². The summed E-state index contributed by atoms with van der Waals surface area (Å²) in [5, 5.41) is 3.13. The fourth-order valence-electron chi connectivity index (χ4n) is 1.19. The SMILES string of the molecule is CNC(C)c1cccc(OCC(N)=O)c1. The quantitative estimate of drug-likeness (QED) is 0.753. The zero-order valence-corrected chi connectivity index (χ0v) is 8.99. The molecule has 0 saturated heterocycles. The van der Waals surface area contributed by atoms with Crippen LogP contribution in [0.3, 0.4) is 0 Å². The summed E-state index contributed by atoms with van der Waals surface area (Å²) >= 11 is 0. The standard InChI is InChI=1S/C11H16N2O2/c1-8(13-2)9-4-3-5-10(6-9)15-7-11(12)14/h3-6,8,13H,7H2,1-2H3,(H2,12,14). The maximum atomic E-state index is 10.5. The summed E-state index contributed by atoms with van der Waals surface area (Å²) in [5.41, 5.74) is 6.10. The van der Waals surface area contributed by atoms with E-state index in [2.05, 4.69) is 5.32 Å². The van der Waals surface area contributed by atoms with E-state index in [1.165, 1.54) is 0 Å². The van der Waals surface area contributed by atoms with Gasteiger partial charge in [-0.05, 0) is 31.7 Å². The molecule has 1 aromatic carbocycles. The number of hydrogen-bond acceptors (Lipinski definition) is 3. The molecule has 3 N–H and O–H groups in total. The maximum absolute atomic E-state index is 10.5. The van der Waals surface area contributed by atoms with E-state index in [4.69, 9.17) is 10.5 Å². The maximum Gasteiger partial charge on any atom is 0.255 e. The van der Waals surface area contributed by atoms with Crippen LogP contribution in [-0.2, 0) is 4.79 Å². The Balaban J connectivity index is 2.69. The van der Waals surface area contributed by atoms with Gasteiger partial charge in [-0.3, -0.25) is 4.79 Å². The molecule has 0 radical (unpaired) electrons. The van der Waals surface area contributed by atoms with Crippen molar-refractivity contribution in [2.75, 3.05) is 13.7 Å². The molecule has 1 atom stereocenters. The van der Waals surface area contributed by atoms with Crippen molar-refractivity contribution >= 4 is 5.91 Å². The van der Waals surface area contributed by atoms with E-state index in [1.807, 2.05) is 32.2 Å². The van der Waals surface area contributed by atoms with Crippen molar-refractivity contribution in [2.24, 2.45) is 5.73 Å². The van der Waals surface area contributed by atoms with Crippen LogP contribution in [-0.4, -0.2) is 19.6 Å². The summed E-state index contributed by atoms with van der Waals surface area (Å²) < 4.78 is 5.20. The zero-order valence-electron chi connectivity index (χ0n) is 8.99. The van der Waals surface area contributed by atoms with Gasteiger partial charge in [-0.15, -0.1) is 0 Å². The molecule has 82 valence electrons. The Morgan fingerprint density at radius 2 is 2.33 bits per heavy atom. The molecule has 0 aromatic heterocycles. The van der Waals surface area contributed by atoms with Crippen molar-refractivity contribution in [1.82, 2.24) is 5.32 Å². The third kappa shape index (κ3) is 3.59. The molecule has 0 heterocycles. The molecular formula is C11H16N2O2. The molecule has 15 heavy (non-hydrogen) atoms. The van der Waals surface area contributed by atoms with Crippen LogP contribution in [0.5, 0.6) is 5.75 Å². The average molecular weight is 208 g/mol. The topological polar surface area (TPSA) is 64.3 Å². The molecule has 0 aliphatic heterocycles. The molecule has 0 bridgehead atoms. The second-order valence-corrected chi connectivity index (χ2v) is 3.34. The van der Waals surface area contributed by atoms with Crippen LogP contribution < -0.4 is 15.8 Å². The third-order valence-corrected chi connectivity index (χ3v) is 2.17. The van der Waals surface area contributed by atoms with Gasteiger partial charge in [-0.1, -0.05) is 12.1 Å². The van der Waals surface area contributed by atoms with Gasteiger partial charge in [0.25, 0.3) is 5.91 Å². The van der Waals surface area contributed by atoms with E-state index in [0.29, 0.717) is 5.75 Å². The second kappa shape index (κ2) is 5.36. The highest BCUT2D eigenvalue weighted by molar-refractivity contribution is 5.75. The van der Waals surface area contributed by atoms with Gasteiger partial charge in [0.1, 0.15) is 5.75 Å². The fourth-order valence-corrected chi connectivity index (χ4v) is 1.19. The van der Waals surface area contributed by atoms with Gasteiger partial charge in [0.2, 0.25) is 0 Å². The van der Waals surface area contributed by atoms with E-state index >= 15 is 0 Å². The van der Waals surface area contributed by atoms with Gasteiger partial charge in [-0.2, -0.15) is 0 Å². The van der Waals surface area contributed by atoms with E-state index in [1.54, 1.807) is 6.07 Å². The third-order valence-electron chi connectivity index (χ3n) is 2.17. The van der Waals surface area contributed by atoms with Gasteiger partial charge in [0.05, 0.1) is 0 Å². The Morgan fingerprint density at radius 3 is 2.93 bits per heavy atom. The van der Waals surface area contributed by atoms with Crippen molar-refractivity contribution in [1.29, 1.82) is 0 Å². The lowest BCUT2D eigenvalue weighted by Gasteiger charge is -2.12. The first kappa shape index (κ1) is 11.5. The number of primary amides is 1. The van der Waals surface area contributed by atoms with Crippen molar-refractivity contribution in [2.45, 2.75) is 13.0 Å². The predicted octanol–water partition coefficient (Wildman–Crippen LogP) is 0.831. The minimum atomic E-state index is -0.470. The van der Waals surface area contributed by atoms with Crippen LogP contribution in [0.4, 0.5) is 0 Å². The first-order valence-electron chi connectivity index (χ1n) is 4.82. The highest BCUT2D eigenvalue weighted by atomic mass is 16.5. The molecule has 1 rings (SSSR count). The summed E-state index contributed by atoms with van der Waals surface area (Å²) in [4.78, 5) is 10.5. The van der Waals surface area contributed by atoms with Crippen molar-refractivity contribution in [3.8, 4) is 5.75 Å². The van der Waals surface area contributed by atoms with Crippen LogP contribution in [0.2, 0.25) is 0 Å². The van der Waals surface area contributed by atoms with Crippen LogP contribution in [0, 0.1) is 0 Å². The first-order chi connectivity index (χ1) is 7.13. The van der Waals surface area contributed by atoms with Crippen LogP contribution in [0.25, 0.3) is 0 Å². The van der Waals surface area contributed by atoms with Crippen molar-refractivity contribution < 1.29 is 9.53 Å². The molecule has 1 aromatic rings. The molecule has 1 unspecified atom stereocenters. The molecule has 0 aliphatic rings. The average Bonchev–Trinajstić information content (AvgIpc) is 2.25. The number of nitrogens with two attached hydrogens (primary N) is 1. The molecule has 0 spiro atoms. The number of rotatable bonds is 5. The lowest BCUT2D eigenvalue weighted by molar-refractivity contribution is -0.119. The molecule has 4 heteroatoms. The number of hydrogen-bond donors (Lipinski definition) is 2. The van der Waals surface area contributed by atoms with Crippen molar-refractivity contribution in [3.63, 3.8) is 0 Å². The Labute approximate surface area is 89.4 Å². The number of nitrogens with one attached hydrogen (secondary N) is 1. The second-order valence-electron chi connectivity index (χ2n) is 3.34. The first-order valence-corrected chi connectivity index (χ1v) is 4.82. The minimum absolute atomic E-state index is 0.0859. The molecule has 0 aliphatic carbocycles. The summed E-state index contributed by atoms with van der Waals surface area (Å²) in [6, 6.07) is 7.83. The van der Waals surface area contributed by atoms with Gasteiger partial charge in [0, 0.05) is 6.04 Å². The predicted molar refractivity (Wildman–Crippen MR) is 58.6 cm³/mol. The monoisotopic (exact) mass is 208 g/mol. The van der Waals surface area contributed by atoms with E-state index in [-0.39, 0.29) is 12.6 Å². The summed E-state index contributed by atoms with van der Waals surface area (Å²) in [6.45, 7) is 1.96. The molecule has 0 fully saturated rings. The van der Waals surface area contributed by atoms with Gasteiger partial charge in [0.15, 0.2) is 6.61 Å². The van der Waals surface area contributed by atoms with Crippen LogP contribution in [0.15, 0.2) is 24.3 Å². The number of carbonyl (C=O) groups excluding carboxylic acids is 1. The van der Waals surface area contributed by atoms with Gasteiger partial charge >= 0.3 is 0 Å². The minimum Gasteiger partial charge on any atom is -0.484 e. The lowest BCUT2D eigenvalue weighted by Crippen LogP contribution is -2.20. The summed E-state index contributed by atoms with van der Waals surface area (Å²) in [5.74, 6) is 0.190. The Bertz CT molecular complexity index is 339. The number of carbonyl (C=O) groups is 1. The normalized spacial score (nSPS) is 12.1. The fraction of sp³-hybridized carbons (Fsp3) is 0.364. The smallest absolute Gasteiger partial charge is 0.255 e. The molecular weight excluding hydrogens is 192 g/mol. The Morgan fingerprint density at radius 1 is 1.60 bits per heavy atom. The van der Waals surface area contributed by atoms with E-state index < -0.39 is 5.91 Å². The van der Waals surface area contributed by atoms with Gasteiger partial charge < -0.3 is 15.8 Å². The van der Waals surface area contributed by atoms with E-state index in [9.17, 15) is 4.79 Å². The highest BCUT2D eigenvalue weighted by Gasteiger charge is 2.04. The van der Waals surface area contributed by atoms with Crippen LogP contribution in [0.1, 0.15) is 18.5 Å². The number of ether oxygens (including phenoxy) is 1. The zero-order chi connectivity index (χ0) is 11.3. The number of benzene rings is 1. The Hall–Kier alpha value is -1.55. The summed E-state index contributed by atoms with van der Waals surface area (Å²) in [6.07, 6.45) is 0. The largest absolute Gasteiger partial charge is 0.484 e. The van der Waals surface area contributed by atoms with Crippen LogP contribution >= 0.6 is 0 Å². The molecule has 1 amide bonds. The highest BCUT2D eigenvalue weighted by Crippen LogP contribution is 2.18. The molecule has 4 nitrogen and oxygen atoms in total. The van der Waals surface area contributed by atoms with Crippen molar-refractivity contribution in [3.05, 3.63) is 29.8 Å². The Kier molecular flexibility index (Phi) is 4.12. The molecule has 0 saturated carbocycles. The number of amides is 1.